The third kappa shape index (κ3) is 2.70. The first-order valence-electron chi connectivity index (χ1n) is 4.68. The Labute approximate surface area is 83.3 Å². The van der Waals surface area contributed by atoms with Gasteiger partial charge in [0.05, 0.1) is 12.5 Å². The molecule has 5 nitrogen and oxygen atoms in total. The lowest BCUT2D eigenvalue weighted by Crippen LogP contribution is -2.54. The fraction of sp³-hybridized carbons (Fsp3) is 0.778. The van der Waals surface area contributed by atoms with Gasteiger partial charge in [-0.1, -0.05) is 0 Å². The molecule has 0 unspecified atom stereocenters. The summed E-state index contributed by atoms with van der Waals surface area (Å²) in [7, 11) is 1.94. The summed E-state index contributed by atoms with van der Waals surface area (Å²) in [6.45, 7) is 3.57. The van der Waals surface area contributed by atoms with Crippen LogP contribution in [-0.2, 0) is 9.59 Å². The second-order valence-corrected chi connectivity index (χ2v) is 3.73. The van der Waals surface area contributed by atoms with Crippen molar-refractivity contribution in [1.29, 1.82) is 0 Å². The second kappa shape index (κ2) is 4.41. The number of aliphatic carboxylic acids is 1. The minimum atomic E-state index is -0.850. The van der Waals surface area contributed by atoms with Gasteiger partial charge in [0.15, 0.2) is 0 Å². The van der Waals surface area contributed by atoms with Crippen LogP contribution in [0.15, 0.2) is 0 Å². The van der Waals surface area contributed by atoms with Gasteiger partial charge in [-0.25, -0.2) is 0 Å². The van der Waals surface area contributed by atoms with Gasteiger partial charge in [-0.2, -0.15) is 0 Å². The predicted octanol–water partition coefficient (Wildman–Crippen LogP) is -0.376. The van der Waals surface area contributed by atoms with Crippen molar-refractivity contribution < 1.29 is 14.7 Å². The standard InChI is InChI=1S/C9H16N2O3/c1-7(12)11-4-3-10(2)6-8(11)5-9(13)14/h8H,3-6H2,1-2H3,(H,13,14)/t8-/m1/s1. The molecular weight excluding hydrogens is 184 g/mol. The van der Waals surface area contributed by atoms with E-state index in [9.17, 15) is 9.59 Å². The summed E-state index contributed by atoms with van der Waals surface area (Å²) < 4.78 is 0. The van der Waals surface area contributed by atoms with Gasteiger partial charge in [0.1, 0.15) is 0 Å². The normalized spacial score (nSPS) is 23.6. The first-order valence-corrected chi connectivity index (χ1v) is 4.68. The topological polar surface area (TPSA) is 60.9 Å². The van der Waals surface area contributed by atoms with Gasteiger partial charge >= 0.3 is 5.97 Å². The highest BCUT2D eigenvalue weighted by Gasteiger charge is 2.28. The molecule has 0 radical (unpaired) electrons. The number of likely N-dealkylation sites (N-methyl/N-ethyl adjacent to an activating group) is 1. The first-order chi connectivity index (χ1) is 6.50. The maximum absolute atomic E-state index is 11.2. The Morgan fingerprint density at radius 1 is 1.43 bits per heavy atom. The molecular formula is C9H16N2O3. The molecule has 1 N–H and O–H groups in total. The van der Waals surface area contributed by atoms with E-state index in [0.29, 0.717) is 13.1 Å². The average molecular weight is 200 g/mol. The number of carboxylic acids is 1. The van der Waals surface area contributed by atoms with Crippen LogP contribution in [0.2, 0.25) is 0 Å². The molecule has 0 bridgehead atoms. The number of hydrogen-bond donors (Lipinski definition) is 1. The van der Waals surface area contributed by atoms with E-state index >= 15 is 0 Å². The van der Waals surface area contributed by atoms with E-state index in [1.54, 1.807) is 4.90 Å². The van der Waals surface area contributed by atoms with Crippen LogP contribution < -0.4 is 0 Å². The number of hydrogen-bond acceptors (Lipinski definition) is 3. The van der Waals surface area contributed by atoms with E-state index in [-0.39, 0.29) is 18.4 Å². The summed E-state index contributed by atoms with van der Waals surface area (Å²) in [5.74, 6) is -0.888. The molecule has 0 spiro atoms. The molecule has 0 aliphatic carbocycles. The Morgan fingerprint density at radius 3 is 2.57 bits per heavy atom. The van der Waals surface area contributed by atoms with Crippen LogP contribution in [0, 0.1) is 0 Å². The largest absolute Gasteiger partial charge is 0.481 e. The Kier molecular flexibility index (Phi) is 3.46. The number of nitrogens with zero attached hydrogens (tertiary/aromatic N) is 2. The smallest absolute Gasteiger partial charge is 0.305 e. The number of rotatable bonds is 2. The minimum Gasteiger partial charge on any atom is -0.481 e. The lowest BCUT2D eigenvalue weighted by molar-refractivity contribution is -0.141. The average Bonchev–Trinajstić information content (AvgIpc) is 2.01. The van der Waals surface area contributed by atoms with Crippen molar-refractivity contribution in [3.8, 4) is 0 Å². The SMILES string of the molecule is CC(=O)N1CCN(C)C[C@H]1CC(=O)O. The Bertz CT molecular complexity index is 242. The highest BCUT2D eigenvalue weighted by Crippen LogP contribution is 2.11. The molecule has 80 valence electrons. The molecule has 1 aliphatic heterocycles. The Balaban J connectivity index is 2.63. The maximum Gasteiger partial charge on any atom is 0.305 e. The number of carbonyl (C=O) groups excluding carboxylic acids is 1. The van der Waals surface area contributed by atoms with E-state index < -0.39 is 5.97 Å². The van der Waals surface area contributed by atoms with E-state index in [0.717, 1.165) is 6.54 Å². The van der Waals surface area contributed by atoms with Gasteiger partial charge in [-0.15, -0.1) is 0 Å². The zero-order valence-electron chi connectivity index (χ0n) is 8.56. The summed E-state index contributed by atoms with van der Waals surface area (Å²) in [6.07, 6.45) is 0.0317. The Hall–Kier alpha value is -1.10. The molecule has 0 aromatic carbocycles. The van der Waals surface area contributed by atoms with Crippen molar-refractivity contribution in [2.24, 2.45) is 0 Å². The molecule has 1 rings (SSSR count). The van der Waals surface area contributed by atoms with Crippen LogP contribution in [0.4, 0.5) is 0 Å². The summed E-state index contributed by atoms with van der Waals surface area (Å²) in [6, 6.07) is -0.177. The fourth-order valence-electron chi connectivity index (χ4n) is 1.80. The zero-order valence-corrected chi connectivity index (χ0v) is 8.56. The molecule has 1 atom stereocenters. The number of carboxylic acid groups (broad SMARTS) is 1. The molecule has 1 aliphatic rings. The van der Waals surface area contributed by atoms with E-state index in [2.05, 4.69) is 0 Å². The monoisotopic (exact) mass is 200 g/mol. The Morgan fingerprint density at radius 2 is 2.07 bits per heavy atom. The fourth-order valence-corrected chi connectivity index (χ4v) is 1.80. The molecule has 14 heavy (non-hydrogen) atoms. The predicted molar refractivity (Wildman–Crippen MR) is 50.9 cm³/mol. The van der Waals surface area contributed by atoms with Crippen molar-refractivity contribution >= 4 is 11.9 Å². The maximum atomic E-state index is 11.2. The lowest BCUT2D eigenvalue weighted by Gasteiger charge is -2.38. The van der Waals surface area contributed by atoms with Gasteiger partial charge in [-0.05, 0) is 7.05 Å². The van der Waals surface area contributed by atoms with Crippen molar-refractivity contribution in [3.05, 3.63) is 0 Å². The molecule has 1 saturated heterocycles. The van der Waals surface area contributed by atoms with Crippen LogP contribution >= 0.6 is 0 Å². The molecule has 0 aromatic rings. The summed E-state index contributed by atoms with van der Waals surface area (Å²) in [5.41, 5.74) is 0. The molecule has 1 fully saturated rings. The highest BCUT2D eigenvalue weighted by atomic mass is 16.4. The molecule has 0 aromatic heterocycles. The van der Waals surface area contributed by atoms with E-state index in [4.69, 9.17) is 5.11 Å². The second-order valence-electron chi connectivity index (χ2n) is 3.73. The van der Waals surface area contributed by atoms with Crippen molar-refractivity contribution in [1.82, 2.24) is 9.80 Å². The van der Waals surface area contributed by atoms with Crippen LogP contribution in [0.25, 0.3) is 0 Å². The van der Waals surface area contributed by atoms with E-state index in [1.165, 1.54) is 6.92 Å². The van der Waals surface area contributed by atoms with Gasteiger partial charge in [0.25, 0.3) is 0 Å². The van der Waals surface area contributed by atoms with Crippen molar-refractivity contribution in [2.45, 2.75) is 19.4 Å². The van der Waals surface area contributed by atoms with Crippen LogP contribution in [0.3, 0.4) is 0 Å². The van der Waals surface area contributed by atoms with Crippen LogP contribution in [0.1, 0.15) is 13.3 Å². The number of amides is 1. The first kappa shape index (κ1) is 11.0. The van der Waals surface area contributed by atoms with Gasteiger partial charge in [0.2, 0.25) is 5.91 Å². The quantitative estimate of drug-likeness (QED) is 0.660. The van der Waals surface area contributed by atoms with Crippen LogP contribution in [-0.4, -0.2) is 59.5 Å². The van der Waals surface area contributed by atoms with Gasteiger partial charge < -0.3 is 14.9 Å². The highest BCUT2D eigenvalue weighted by molar-refractivity contribution is 5.75. The third-order valence-electron chi connectivity index (χ3n) is 2.50. The lowest BCUT2D eigenvalue weighted by atomic mass is 10.1. The van der Waals surface area contributed by atoms with Crippen LogP contribution in [0.5, 0.6) is 0 Å². The van der Waals surface area contributed by atoms with Gasteiger partial charge in [0, 0.05) is 26.6 Å². The summed E-state index contributed by atoms with van der Waals surface area (Å²) in [5, 5.41) is 8.70. The summed E-state index contributed by atoms with van der Waals surface area (Å²) >= 11 is 0. The third-order valence-corrected chi connectivity index (χ3v) is 2.50. The van der Waals surface area contributed by atoms with Crippen molar-refractivity contribution in [3.63, 3.8) is 0 Å². The molecule has 1 amide bonds. The number of piperazine rings is 1. The molecule has 5 heteroatoms. The van der Waals surface area contributed by atoms with E-state index in [1.807, 2.05) is 11.9 Å². The number of carbonyl (C=O) groups is 2. The minimum absolute atomic E-state index is 0.0317. The zero-order chi connectivity index (χ0) is 10.7. The summed E-state index contributed by atoms with van der Waals surface area (Å²) in [4.78, 5) is 25.5. The molecule has 1 heterocycles. The van der Waals surface area contributed by atoms with Gasteiger partial charge in [-0.3, -0.25) is 9.59 Å². The van der Waals surface area contributed by atoms with Crippen molar-refractivity contribution in [2.75, 3.05) is 26.7 Å². The molecule has 0 saturated carbocycles.